The first kappa shape index (κ1) is 7.07. The molecule has 0 saturated carbocycles. The standard InChI is InChI=1S/C10H11/c1-4-10-8(2)6-5-7-9(10)3/h1,4-7H,2-3H3. The third kappa shape index (κ3) is 1.10. The zero-order chi connectivity index (χ0) is 7.56. The van der Waals surface area contributed by atoms with Crippen LogP contribution in [0.1, 0.15) is 16.7 Å². The molecule has 0 unspecified atom stereocenters. The van der Waals surface area contributed by atoms with Gasteiger partial charge in [-0.25, -0.2) is 0 Å². The Kier molecular flexibility index (Phi) is 1.91. The van der Waals surface area contributed by atoms with Crippen LogP contribution in [0, 0.1) is 20.4 Å². The summed E-state index contributed by atoms with van der Waals surface area (Å²) in [4.78, 5) is 0. The minimum Gasteiger partial charge on any atom is -0.0617 e. The van der Waals surface area contributed by atoms with E-state index in [1.807, 2.05) is 6.07 Å². The van der Waals surface area contributed by atoms with Crippen molar-refractivity contribution in [3.05, 3.63) is 41.5 Å². The monoisotopic (exact) mass is 131 g/mol. The van der Waals surface area contributed by atoms with Gasteiger partial charge in [0.1, 0.15) is 0 Å². The molecule has 0 bridgehead atoms. The fourth-order valence-corrected chi connectivity index (χ4v) is 1.09. The first-order chi connectivity index (χ1) is 4.75. The first-order valence-electron chi connectivity index (χ1n) is 3.37. The largest absolute Gasteiger partial charge is 0.0617 e. The third-order valence-corrected chi connectivity index (χ3v) is 1.71. The second-order valence-corrected chi connectivity index (χ2v) is 2.47. The molecular formula is C10H11. The van der Waals surface area contributed by atoms with Crippen LogP contribution in [0.4, 0.5) is 0 Å². The first-order valence-corrected chi connectivity index (χ1v) is 3.37. The highest BCUT2D eigenvalue weighted by molar-refractivity contribution is 5.54. The van der Waals surface area contributed by atoms with E-state index in [0.717, 1.165) is 5.56 Å². The molecule has 0 atom stereocenters. The Balaban J connectivity index is 3.30. The second kappa shape index (κ2) is 2.70. The Bertz CT molecular complexity index is 226. The predicted molar refractivity (Wildman–Crippen MR) is 44.7 cm³/mol. The summed E-state index contributed by atoms with van der Waals surface area (Å²) in [5, 5.41) is 0. The van der Waals surface area contributed by atoms with Crippen molar-refractivity contribution in [2.75, 3.05) is 0 Å². The lowest BCUT2D eigenvalue weighted by Gasteiger charge is -2.02. The molecule has 0 fully saturated rings. The van der Waals surface area contributed by atoms with Gasteiger partial charge in [0, 0.05) is 0 Å². The van der Waals surface area contributed by atoms with Gasteiger partial charge >= 0.3 is 0 Å². The van der Waals surface area contributed by atoms with Crippen molar-refractivity contribution in [3.63, 3.8) is 0 Å². The summed E-state index contributed by atoms with van der Waals surface area (Å²) in [6.45, 7) is 9.55. The summed E-state index contributed by atoms with van der Waals surface area (Å²) in [6, 6.07) is 6.16. The number of hydrogen-bond donors (Lipinski definition) is 0. The van der Waals surface area contributed by atoms with Crippen molar-refractivity contribution >= 4 is 6.08 Å². The fraction of sp³-hybridized carbons (Fsp3) is 0.200. The Hall–Kier alpha value is -1.04. The Labute approximate surface area is 62.2 Å². The van der Waals surface area contributed by atoms with Crippen molar-refractivity contribution in [1.82, 2.24) is 0 Å². The molecule has 0 spiro atoms. The molecule has 10 heavy (non-hydrogen) atoms. The van der Waals surface area contributed by atoms with Gasteiger partial charge in [0.25, 0.3) is 0 Å². The van der Waals surface area contributed by atoms with Gasteiger partial charge in [-0.2, -0.15) is 0 Å². The van der Waals surface area contributed by atoms with Gasteiger partial charge in [-0.05, 0) is 30.5 Å². The molecule has 1 aromatic rings. The summed E-state index contributed by atoms with van der Waals surface area (Å²) < 4.78 is 0. The Morgan fingerprint density at radius 2 is 1.70 bits per heavy atom. The van der Waals surface area contributed by atoms with E-state index >= 15 is 0 Å². The third-order valence-electron chi connectivity index (χ3n) is 1.71. The molecule has 0 N–H and O–H groups in total. The maximum absolute atomic E-state index is 5.43. The van der Waals surface area contributed by atoms with Gasteiger partial charge in [0.05, 0.1) is 0 Å². The van der Waals surface area contributed by atoms with E-state index in [0.29, 0.717) is 0 Å². The quantitative estimate of drug-likeness (QED) is 0.549. The Morgan fingerprint density at radius 3 is 2.00 bits per heavy atom. The number of rotatable bonds is 1. The number of hydrogen-bond acceptors (Lipinski definition) is 0. The van der Waals surface area contributed by atoms with Crippen molar-refractivity contribution in [2.24, 2.45) is 0 Å². The molecule has 0 aliphatic rings. The van der Waals surface area contributed by atoms with Gasteiger partial charge in [0.15, 0.2) is 0 Å². The van der Waals surface area contributed by atoms with E-state index in [9.17, 15) is 0 Å². The smallest absolute Gasteiger partial charge is 0.0198 e. The van der Waals surface area contributed by atoms with Crippen LogP contribution in [0.2, 0.25) is 0 Å². The van der Waals surface area contributed by atoms with E-state index in [4.69, 9.17) is 6.58 Å². The van der Waals surface area contributed by atoms with Crippen LogP contribution in [0.3, 0.4) is 0 Å². The summed E-state index contributed by atoms with van der Waals surface area (Å²) in [5.41, 5.74) is 3.63. The lowest BCUT2D eigenvalue weighted by molar-refractivity contribution is 1.36. The molecule has 0 nitrogen and oxygen atoms in total. The molecule has 0 aromatic heterocycles. The molecule has 1 aromatic carbocycles. The molecular weight excluding hydrogens is 120 g/mol. The summed E-state index contributed by atoms with van der Waals surface area (Å²) >= 11 is 0. The van der Waals surface area contributed by atoms with Gasteiger partial charge in [-0.1, -0.05) is 30.9 Å². The highest BCUT2D eigenvalue weighted by Gasteiger charge is 1.94. The van der Waals surface area contributed by atoms with Crippen molar-refractivity contribution in [1.29, 1.82) is 0 Å². The van der Waals surface area contributed by atoms with Crippen LogP contribution in [-0.4, -0.2) is 0 Å². The lowest BCUT2D eigenvalue weighted by atomic mass is 10.0. The maximum atomic E-state index is 5.43. The van der Waals surface area contributed by atoms with E-state index in [1.165, 1.54) is 11.1 Å². The minimum atomic E-state index is 1.16. The van der Waals surface area contributed by atoms with E-state index in [1.54, 1.807) is 6.08 Å². The zero-order valence-corrected chi connectivity index (χ0v) is 6.39. The van der Waals surface area contributed by atoms with E-state index < -0.39 is 0 Å². The summed E-state index contributed by atoms with van der Waals surface area (Å²) in [6.07, 6.45) is 1.66. The average Bonchev–Trinajstić information content (AvgIpc) is 1.88. The minimum absolute atomic E-state index is 1.16. The molecule has 51 valence electrons. The molecule has 1 rings (SSSR count). The van der Waals surface area contributed by atoms with E-state index in [2.05, 4.69) is 26.0 Å². The lowest BCUT2D eigenvalue weighted by Crippen LogP contribution is -1.83. The molecule has 0 aliphatic heterocycles. The maximum Gasteiger partial charge on any atom is -0.0198 e. The highest BCUT2D eigenvalue weighted by atomic mass is 14.0. The van der Waals surface area contributed by atoms with Gasteiger partial charge in [0.2, 0.25) is 0 Å². The number of benzene rings is 1. The van der Waals surface area contributed by atoms with Crippen LogP contribution in [0.25, 0.3) is 6.08 Å². The molecule has 0 saturated heterocycles. The normalized spacial score (nSPS) is 9.40. The van der Waals surface area contributed by atoms with Crippen molar-refractivity contribution < 1.29 is 0 Å². The average molecular weight is 131 g/mol. The van der Waals surface area contributed by atoms with E-state index in [-0.39, 0.29) is 0 Å². The van der Waals surface area contributed by atoms with Crippen LogP contribution < -0.4 is 0 Å². The van der Waals surface area contributed by atoms with Gasteiger partial charge in [-0.3, -0.25) is 0 Å². The molecule has 0 aliphatic carbocycles. The summed E-state index contributed by atoms with van der Waals surface area (Å²) in [5.74, 6) is 0. The molecule has 1 radical (unpaired) electrons. The molecule has 0 heterocycles. The zero-order valence-electron chi connectivity index (χ0n) is 6.39. The topological polar surface area (TPSA) is 0 Å². The predicted octanol–water partition coefficient (Wildman–Crippen LogP) is 2.75. The van der Waals surface area contributed by atoms with Gasteiger partial charge in [-0.15, -0.1) is 0 Å². The second-order valence-electron chi connectivity index (χ2n) is 2.47. The Morgan fingerprint density at radius 1 is 1.20 bits per heavy atom. The number of aryl methyl sites for hydroxylation is 2. The van der Waals surface area contributed by atoms with Crippen LogP contribution >= 0.6 is 0 Å². The van der Waals surface area contributed by atoms with Crippen LogP contribution in [-0.2, 0) is 0 Å². The molecule has 0 amide bonds. The summed E-state index contributed by atoms with van der Waals surface area (Å²) in [7, 11) is 0. The van der Waals surface area contributed by atoms with Gasteiger partial charge < -0.3 is 0 Å². The van der Waals surface area contributed by atoms with Crippen molar-refractivity contribution in [2.45, 2.75) is 13.8 Å². The van der Waals surface area contributed by atoms with Crippen LogP contribution in [0.5, 0.6) is 0 Å². The van der Waals surface area contributed by atoms with Crippen LogP contribution in [0.15, 0.2) is 18.2 Å². The highest BCUT2D eigenvalue weighted by Crippen LogP contribution is 2.13. The fourth-order valence-electron chi connectivity index (χ4n) is 1.09. The van der Waals surface area contributed by atoms with Crippen molar-refractivity contribution in [3.8, 4) is 0 Å². The molecule has 0 heteroatoms. The SMILES string of the molecule is [CH]=Cc1c(C)cccc1C.